The Balaban J connectivity index is 1.07. The molecular weight excluding hydrogens is 599 g/mol. The van der Waals surface area contributed by atoms with Crippen molar-refractivity contribution in [3.05, 3.63) is 176 Å². The van der Waals surface area contributed by atoms with E-state index in [9.17, 15) is 0 Å². The third-order valence-electron chi connectivity index (χ3n) is 8.97. The molecule has 0 saturated heterocycles. The maximum atomic E-state index is 6.34. The number of aromatic nitrogens is 3. The van der Waals surface area contributed by atoms with Gasteiger partial charge in [-0.3, -0.25) is 0 Å². The summed E-state index contributed by atoms with van der Waals surface area (Å²) < 4.78 is 6.34. The molecular formula is C45H29N3O. The second kappa shape index (κ2) is 12.2. The topological polar surface area (TPSA) is 51.8 Å². The Morgan fingerprint density at radius 1 is 0.306 bits per heavy atom. The summed E-state index contributed by atoms with van der Waals surface area (Å²) in [5.74, 6) is 1.91. The highest BCUT2D eigenvalue weighted by molar-refractivity contribution is 6.09. The lowest BCUT2D eigenvalue weighted by Gasteiger charge is -2.10. The average molecular weight is 628 g/mol. The van der Waals surface area contributed by atoms with Crippen molar-refractivity contribution >= 4 is 21.9 Å². The number of furan rings is 1. The van der Waals surface area contributed by atoms with Crippen LogP contribution in [-0.4, -0.2) is 15.0 Å². The van der Waals surface area contributed by atoms with Crippen LogP contribution in [0.5, 0.6) is 0 Å². The first kappa shape index (κ1) is 28.6. The minimum atomic E-state index is 0.632. The SMILES string of the molecule is c1ccc(-c2ccc(-c3nc(-c4ccccc4)nc(-c4ccc(-c5cccc(-c6cccc7c6oc6ccccc67)c5)cc4)n3)cc2)cc1. The van der Waals surface area contributed by atoms with E-state index in [0.29, 0.717) is 17.5 Å². The van der Waals surface area contributed by atoms with Gasteiger partial charge in [0.15, 0.2) is 17.5 Å². The molecule has 4 heteroatoms. The van der Waals surface area contributed by atoms with Gasteiger partial charge in [0.05, 0.1) is 0 Å². The second-order valence-electron chi connectivity index (χ2n) is 12.1. The highest BCUT2D eigenvalue weighted by Gasteiger charge is 2.15. The molecule has 0 unspecified atom stereocenters. The van der Waals surface area contributed by atoms with Gasteiger partial charge in [-0.25, -0.2) is 15.0 Å². The summed E-state index contributed by atoms with van der Waals surface area (Å²) >= 11 is 0. The van der Waals surface area contributed by atoms with Crippen LogP contribution in [-0.2, 0) is 0 Å². The Morgan fingerprint density at radius 2 is 0.735 bits per heavy atom. The van der Waals surface area contributed by atoms with Gasteiger partial charge in [0.25, 0.3) is 0 Å². The molecule has 0 N–H and O–H groups in total. The summed E-state index contributed by atoms with van der Waals surface area (Å²) in [4.78, 5) is 14.8. The summed E-state index contributed by atoms with van der Waals surface area (Å²) in [6.07, 6.45) is 0. The number of fused-ring (bicyclic) bond motifs is 3. The average Bonchev–Trinajstić information content (AvgIpc) is 3.58. The first-order valence-electron chi connectivity index (χ1n) is 16.4. The third-order valence-corrected chi connectivity index (χ3v) is 8.97. The van der Waals surface area contributed by atoms with Crippen molar-refractivity contribution in [2.45, 2.75) is 0 Å². The summed E-state index contributed by atoms with van der Waals surface area (Å²) in [5.41, 5.74) is 11.4. The number of hydrogen-bond donors (Lipinski definition) is 0. The minimum Gasteiger partial charge on any atom is -0.455 e. The molecule has 0 saturated carbocycles. The molecule has 2 aromatic heterocycles. The Kier molecular flexibility index (Phi) is 7.10. The molecule has 0 aliphatic rings. The van der Waals surface area contributed by atoms with Crippen molar-refractivity contribution < 1.29 is 4.42 Å². The fourth-order valence-electron chi connectivity index (χ4n) is 6.45. The van der Waals surface area contributed by atoms with E-state index in [1.165, 1.54) is 5.56 Å². The van der Waals surface area contributed by atoms with Crippen LogP contribution in [0, 0.1) is 0 Å². The van der Waals surface area contributed by atoms with E-state index in [0.717, 1.165) is 66.4 Å². The van der Waals surface area contributed by atoms with Crippen LogP contribution in [0.4, 0.5) is 0 Å². The summed E-state index contributed by atoms with van der Waals surface area (Å²) in [5, 5.41) is 2.26. The molecule has 0 fully saturated rings. The van der Waals surface area contributed by atoms with E-state index in [1.807, 2.05) is 48.5 Å². The van der Waals surface area contributed by atoms with Crippen LogP contribution in [0.1, 0.15) is 0 Å². The second-order valence-corrected chi connectivity index (χ2v) is 12.1. The zero-order chi connectivity index (χ0) is 32.6. The van der Waals surface area contributed by atoms with Crippen molar-refractivity contribution in [2.24, 2.45) is 0 Å². The lowest BCUT2D eigenvalue weighted by Crippen LogP contribution is -2.00. The van der Waals surface area contributed by atoms with Crippen LogP contribution in [0.2, 0.25) is 0 Å². The highest BCUT2D eigenvalue weighted by atomic mass is 16.3. The van der Waals surface area contributed by atoms with Gasteiger partial charge in [0, 0.05) is 33.0 Å². The first-order chi connectivity index (χ1) is 24.3. The van der Waals surface area contributed by atoms with Gasteiger partial charge in [-0.05, 0) is 39.9 Å². The number of benzene rings is 7. The predicted octanol–water partition coefficient (Wildman–Crippen LogP) is 11.8. The largest absolute Gasteiger partial charge is 0.455 e. The van der Waals surface area contributed by atoms with Gasteiger partial charge in [-0.2, -0.15) is 0 Å². The highest BCUT2D eigenvalue weighted by Crippen LogP contribution is 2.37. The van der Waals surface area contributed by atoms with Crippen LogP contribution in [0.15, 0.2) is 180 Å². The zero-order valence-corrected chi connectivity index (χ0v) is 26.5. The zero-order valence-electron chi connectivity index (χ0n) is 26.5. The lowest BCUT2D eigenvalue weighted by molar-refractivity contribution is 0.670. The van der Waals surface area contributed by atoms with E-state index in [2.05, 4.69) is 127 Å². The maximum absolute atomic E-state index is 6.34. The Morgan fingerprint density at radius 3 is 1.39 bits per heavy atom. The predicted molar refractivity (Wildman–Crippen MR) is 200 cm³/mol. The van der Waals surface area contributed by atoms with E-state index in [1.54, 1.807) is 0 Å². The number of rotatable bonds is 6. The van der Waals surface area contributed by atoms with Crippen molar-refractivity contribution in [1.82, 2.24) is 15.0 Å². The van der Waals surface area contributed by atoms with Crippen molar-refractivity contribution in [2.75, 3.05) is 0 Å². The summed E-state index contributed by atoms with van der Waals surface area (Å²) in [7, 11) is 0. The molecule has 7 aromatic carbocycles. The van der Waals surface area contributed by atoms with Gasteiger partial charge < -0.3 is 4.42 Å². The molecule has 0 radical (unpaired) electrons. The van der Waals surface area contributed by atoms with E-state index < -0.39 is 0 Å². The molecule has 0 amide bonds. The van der Waals surface area contributed by atoms with E-state index in [-0.39, 0.29) is 0 Å². The molecule has 9 aromatic rings. The minimum absolute atomic E-state index is 0.632. The molecule has 4 nitrogen and oxygen atoms in total. The Bertz CT molecular complexity index is 2570. The molecule has 0 bridgehead atoms. The van der Waals surface area contributed by atoms with Crippen molar-refractivity contribution in [3.63, 3.8) is 0 Å². The van der Waals surface area contributed by atoms with Gasteiger partial charge >= 0.3 is 0 Å². The monoisotopic (exact) mass is 627 g/mol. The molecule has 0 spiro atoms. The standard InChI is InChI=1S/C45H29N3O/c1-3-11-30(12-4-1)31-21-25-34(26-22-31)44-46-43(33-13-5-2-6-14-33)47-45(48-44)35-27-23-32(24-28-35)36-15-9-16-37(29-36)38-18-10-19-40-39-17-7-8-20-41(39)49-42(38)40/h1-29H. The van der Waals surface area contributed by atoms with E-state index >= 15 is 0 Å². The van der Waals surface area contributed by atoms with Gasteiger partial charge in [0.1, 0.15) is 11.2 Å². The van der Waals surface area contributed by atoms with Crippen LogP contribution in [0.3, 0.4) is 0 Å². The summed E-state index contributed by atoms with van der Waals surface area (Å²) in [6.45, 7) is 0. The molecule has 230 valence electrons. The third kappa shape index (κ3) is 5.45. The molecule has 0 aliphatic carbocycles. The molecule has 2 heterocycles. The van der Waals surface area contributed by atoms with Crippen LogP contribution >= 0.6 is 0 Å². The maximum Gasteiger partial charge on any atom is 0.164 e. The number of hydrogen-bond acceptors (Lipinski definition) is 4. The van der Waals surface area contributed by atoms with Gasteiger partial charge in [-0.1, -0.05) is 164 Å². The normalized spacial score (nSPS) is 11.3. The van der Waals surface area contributed by atoms with E-state index in [4.69, 9.17) is 19.4 Å². The fraction of sp³-hybridized carbons (Fsp3) is 0. The molecule has 9 rings (SSSR count). The molecule has 0 aliphatic heterocycles. The van der Waals surface area contributed by atoms with Crippen molar-refractivity contribution in [3.8, 4) is 67.5 Å². The summed E-state index contributed by atoms with van der Waals surface area (Å²) in [6, 6.07) is 60.5. The Hall–Kier alpha value is -6.65. The quantitative estimate of drug-likeness (QED) is 0.184. The van der Waals surface area contributed by atoms with Crippen molar-refractivity contribution in [1.29, 1.82) is 0 Å². The van der Waals surface area contributed by atoms with Gasteiger partial charge in [0.2, 0.25) is 0 Å². The Labute approximate surface area is 284 Å². The first-order valence-corrected chi connectivity index (χ1v) is 16.4. The van der Waals surface area contributed by atoms with Crippen LogP contribution in [0.25, 0.3) is 89.5 Å². The smallest absolute Gasteiger partial charge is 0.164 e. The molecule has 49 heavy (non-hydrogen) atoms. The fourth-order valence-corrected chi connectivity index (χ4v) is 6.45. The lowest BCUT2D eigenvalue weighted by atomic mass is 9.97. The van der Waals surface area contributed by atoms with Crippen LogP contribution < -0.4 is 0 Å². The van der Waals surface area contributed by atoms with Gasteiger partial charge in [-0.15, -0.1) is 0 Å². The molecule has 0 atom stereocenters. The number of nitrogens with zero attached hydrogens (tertiary/aromatic N) is 3. The number of para-hydroxylation sites is 2.